The number of phenolic OH excluding ortho intramolecular Hbond substituents is 1. The molecule has 2 N–H and O–H groups in total. The molecule has 1 amide bonds. The van der Waals surface area contributed by atoms with Gasteiger partial charge in [0, 0.05) is 13.0 Å². The molecule has 1 aromatic rings. The smallest absolute Gasteiger partial charge is 0.331 e. The van der Waals surface area contributed by atoms with Gasteiger partial charge in [-0.25, -0.2) is 4.79 Å². The van der Waals surface area contributed by atoms with Gasteiger partial charge in [0.1, 0.15) is 5.75 Å². The molecule has 0 aromatic heterocycles. The van der Waals surface area contributed by atoms with E-state index in [4.69, 9.17) is 0 Å². The maximum atomic E-state index is 11.8. The Bertz CT molecular complexity index is 540. The van der Waals surface area contributed by atoms with E-state index >= 15 is 0 Å². The topological polar surface area (TPSA) is 77.8 Å². The summed E-state index contributed by atoms with van der Waals surface area (Å²) >= 11 is 0. The summed E-state index contributed by atoms with van der Waals surface area (Å²) in [6.45, 7) is 4.84. The van der Waals surface area contributed by atoms with Crippen LogP contribution in [-0.4, -0.2) is 33.0 Å². The number of aliphatic carboxylic acids is 1. The molecule has 1 fully saturated rings. The van der Waals surface area contributed by atoms with Gasteiger partial charge in [0.15, 0.2) is 6.04 Å². The number of carbonyl (C=O) groups is 2. The average molecular weight is 277 g/mol. The lowest BCUT2D eigenvalue weighted by Gasteiger charge is -2.29. The van der Waals surface area contributed by atoms with Gasteiger partial charge in [-0.15, -0.1) is 0 Å². The van der Waals surface area contributed by atoms with Crippen molar-refractivity contribution >= 4 is 11.9 Å². The molecule has 1 saturated carbocycles. The Morgan fingerprint density at radius 1 is 1.25 bits per heavy atom. The van der Waals surface area contributed by atoms with Crippen LogP contribution in [0.25, 0.3) is 0 Å². The van der Waals surface area contributed by atoms with Crippen LogP contribution < -0.4 is 0 Å². The van der Waals surface area contributed by atoms with E-state index in [1.165, 1.54) is 11.8 Å². The number of hydrogen-bond donors (Lipinski definition) is 2. The van der Waals surface area contributed by atoms with Crippen LogP contribution in [0.4, 0.5) is 0 Å². The highest BCUT2D eigenvalue weighted by Crippen LogP contribution is 2.36. The van der Waals surface area contributed by atoms with Crippen molar-refractivity contribution < 1.29 is 19.8 Å². The Balaban J connectivity index is 2.48. The van der Waals surface area contributed by atoms with E-state index in [-0.39, 0.29) is 17.7 Å². The van der Waals surface area contributed by atoms with Gasteiger partial charge >= 0.3 is 5.97 Å². The number of aryl methyl sites for hydroxylation is 2. The van der Waals surface area contributed by atoms with Gasteiger partial charge in [0.05, 0.1) is 0 Å². The van der Waals surface area contributed by atoms with Crippen LogP contribution in [-0.2, 0) is 9.59 Å². The van der Waals surface area contributed by atoms with Gasteiger partial charge < -0.3 is 15.1 Å². The number of nitrogens with zero attached hydrogens (tertiary/aromatic N) is 1. The largest absolute Gasteiger partial charge is 0.507 e. The summed E-state index contributed by atoms with van der Waals surface area (Å²) in [5, 5.41) is 19.3. The molecule has 1 atom stereocenters. The van der Waals surface area contributed by atoms with Crippen molar-refractivity contribution in [2.45, 2.75) is 45.7 Å². The Labute approximate surface area is 117 Å². The first-order chi connectivity index (χ1) is 9.32. The van der Waals surface area contributed by atoms with Crippen molar-refractivity contribution in [2.24, 2.45) is 0 Å². The molecule has 1 aliphatic rings. The average Bonchev–Trinajstić information content (AvgIpc) is 3.15. The number of amides is 1. The highest BCUT2D eigenvalue weighted by atomic mass is 16.4. The third kappa shape index (κ3) is 2.61. The molecule has 0 spiro atoms. The zero-order valence-electron chi connectivity index (χ0n) is 11.9. The standard InChI is InChI=1S/C15H19NO4/c1-8-6-11(7-9(2)14(8)18)13(15(19)20)16(10(3)17)12-4-5-12/h6-7,12-13,18H,4-5H2,1-3H3,(H,19,20). The fourth-order valence-corrected chi connectivity index (χ4v) is 2.57. The molecule has 108 valence electrons. The van der Waals surface area contributed by atoms with Crippen molar-refractivity contribution in [3.8, 4) is 5.75 Å². The van der Waals surface area contributed by atoms with Crippen LogP contribution in [0.3, 0.4) is 0 Å². The van der Waals surface area contributed by atoms with Crippen molar-refractivity contribution in [3.63, 3.8) is 0 Å². The van der Waals surface area contributed by atoms with Crippen molar-refractivity contribution in [1.82, 2.24) is 4.90 Å². The Morgan fingerprint density at radius 3 is 2.10 bits per heavy atom. The number of rotatable bonds is 4. The number of phenols is 1. The Hall–Kier alpha value is -2.04. The lowest BCUT2D eigenvalue weighted by Crippen LogP contribution is -2.39. The number of carbonyl (C=O) groups excluding carboxylic acids is 1. The lowest BCUT2D eigenvalue weighted by molar-refractivity contribution is -0.150. The van der Waals surface area contributed by atoms with Crippen LogP contribution in [0.2, 0.25) is 0 Å². The minimum atomic E-state index is -1.04. The highest BCUT2D eigenvalue weighted by Gasteiger charge is 2.40. The van der Waals surface area contributed by atoms with Gasteiger partial charge in [0.25, 0.3) is 0 Å². The molecule has 5 nitrogen and oxygen atoms in total. The molecule has 0 aliphatic heterocycles. The molecule has 0 saturated heterocycles. The molecule has 1 unspecified atom stereocenters. The van der Waals surface area contributed by atoms with E-state index < -0.39 is 12.0 Å². The lowest BCUT2D eigenvalue weighted by atomic mass is 9.99. The summed E-state index contributed by atoms with van der Waals surface area (Å²) in [5.41, 5.74) is 1.77. The summed E-state index contributed by atoms with van der Waals surface area (Å²) in [6, 6.07) is 2.31. The van der Waals surface area contributed by atoms with Crippen LogP contribution in [0.15, 0.2) is 12.1 Å². The second-order valence-electron chi connectivity index (χ2n) is 5.40. The van der Waals surface area contributed by atoms with E-state index in [9.17, 15) is 19.8 Å². The molecule has 5 heteroatoms. The second kappa shape index (κ2) is 5.15. The third-order valence-electron chi connectivity index (χ3n) is 3.65. The normalized spacial score (nSPS) is 15.8. The molecule has 0 heterocycles. The number of benzene rings is 1. The number of carboxylic acids is 1. The molecule has 20 heavy (non-hydrogen) atoms. The summed E-state index contributed by atoms with van der Waals surface area (Å²) in [7, 11) is 0. The maximum Gasteiger partial charge on any atom is 0.331 e. The Kier molecular flexibility index (Phi) is 3.70. The van der Waals surface area contributed by atoms with Gasteiger partial charge in [-0.3, -0.25) is 4.79 Å². The Morgan fingerprint density at radius 2 is 1.75 bits per heavy atom. The van der Waals surface area contributed by atoms with E-state index in [1.54, 1.807) is 26.0 Å². The number of carboxylic acid groups (broad SMARTS) is 1. The first kappa shape index (κ1) is 14.4. The molecular weight excluding hydrogens is 258 g/mol. The van der Waals surface area contributed by atoms with Crippen molar-refractivity contribution in [1.29, 1.82) is 0 Å². The van der Waals surface area contributed by atoms with E-state index in [1.807, 2.05) is 0 Å². The van der Waals surface area contributed by atoms with Crippen LogP contribution in [0, 0.1) is 13.8 Å². The minimum absolute atomic E-state index is 0.0167. The number of hydrogen-bond acceptors (Lipinski definition) is 3. The molecule has 0 radical (unpaired) electrons. The minimum Gasteiger partial charge on any atom is -0.507 e. The molecule has 0 bridgehead atoms. The predicted molar refractivity (Wildman–Crippen MR) is 73.5 cm³/mol. The summed E-state index contributed by atoms with van der Waals surface area (Å²) in [5.74, 6) is -1.11. The van der Waals surface area contributed by atoms with Crippen molar-refractivity contribution in [3.05, 3.63) is 28.8 Å². The molecule has 1 aromatic carbocycles. The van der Waals surface area contributed by atoms with Gasteiger partial charge in [-0.2, -0.15) is 0 Å². The molecule has 2 rings (SSSR count). The van der Waals surface area contributed by atoms with Gasteiger partial charge in [-0.1, -0.05) is 0 Å². The first-order valence-electron chi connectivity index (χ1n) is 6.64. The predicted octanol–water partition coefficient (Wildman–Crippen LogP) is 2.15. The van der Waals surface area contributed by atoms with E-state index in [0.29, 0.717) is 16.7 Å². The molecular formula is C15H19NO4. The highest BCUT2D eigenvalue weighted by molar-refractivity contribution is 5.84. The van der Waals surface area contributed by atoms with Crippen LogP contribution in [0.1, 0.15) is 42.5 Å². The SMILES string of the molecule is CC(=O)N(C1CC1)C(C(=O)O)c1cc(C)c(O)c(C)c1. The fourth-order valence-electron chi connectivity index (χ4n) is 2.57. The number of aromatic hydroxyl groups is 1. The van der Waals surface area contributed by atoms with E-state index in [0.717, 1.165) is 12.8 Å². The third-order valence-corrected chi connectivity index (χ3v) is 3.65. The zero-order valence-corrected chi connectivity index (χ0v) is 11.9. The summed E-state index contributed by atoms with van der Waals surface area (Å²) < 4.78 is 0. The maximum absolute atomic E-state index is 11.8. The van der Waals surface area contributed by atoms with Gasteiger partial charge in [0.2, 0.25) is 5.91 Å². The van der Waals surface area contributed by atoms with Crippen molar-refractivity contribution in [2.75, 3.05) is 0 Å². The monoisotopic (exact) mass is 277 g/mol. The van der Waals surface area contributed by atoms with Crippen LogP contribution in [0.5, 0.6) is 5.75 Å². The molecule has 1 aliphatic carbocycles. The van der Waals surface area contributed by atoms with E-state index in [2.05, 4.69) is 0 Å². The first-order valence-corrected chi connectivity index (χ1v) is 6.64. The quantitative estimate of drug-likeness (QED) is 0.884. The summed E-state index contributed by atoms with van der Waals surface area (Å²) in [4.78, 5) is 24.9. The second-order valence-corrected chi connectivity index (χ2v) is 5.40. The summed E-state index contributed by atoms with van der Waals surface area (Å²) in [6.07, 6.45) is 1.69. The zero-order chi connectivity index (χ0) is 15.0. The fraction of sp³-hybridized carbons (Fsp3) is 0.467. The van der Waals surface area contributed by atoms with Gasteiger partial charge in [-0.05, 0) is 55.5 Å². The van der Waals surface area contributed by atoms with Crippen LogP contribution >= 0.6 is 0 Å².